The van der Waals surface area contributed by atoms with Gasteiger partial charge in [0.25, 0.3) is 0 Å². The van der Waals surface area contributed by atoms with Gasteiger partial charge in [-0.25, -0.2) is 0 Å². The highest BCUT2D eigenvalue weighted by atomic mass is 16.3. The van der Waals surface area contributed by atoms with E-state index in [2.05, 4.69) is 56.3 Å². The molecule has 0 bridgehead atoms. The molecule has 0 amide bonds. The zero-order valence-electron chi connectivity index (χ0n) is 12.5. The predicted octanol–water partition coefficient (Wildman–Crippen LogP) is 4.61. The van der Waals surface area contributed by atoms with Crippen LogP contribution in [0, 0.1) is 6.92 Å². The van der Waals surface area contributed by atoms with E-state index in [1.165, 1.54) is 16.7 Å². The number of benzene rings is 2. The average Bonchev–Trinajstić information content (AvgIpc) is 2.47. The third kappa shape index (κ3) is 4.21. The molecule has 1 unspecified atom stereocenters. The van der Waals surface area contributed by atoms with Crippen molar-refractivity contribution in [3.05, 3.63) is 70.8 Å². The van der Waals surface area contributed by atoms with Crippen LogP contribution in [-0.4, -0.2) is 5.11 Å². The molecule has 1 heteroatoms. The lowest BCUT2D eigenvalue weighted by molar-refractivity contribution is 0.168. The van der Waals surface area contributed by atoms with E-state index < -0.39 is 0 Å². The van der Waals surface area contributed by atoms with E-state index in [-0.39, 0.29) is 6.10 Å². The molecule has 2 aromatic rings. The molecular formula is C19H24O. The second-order valence-electron chi connectivity index (χ2n) is 5.54. The maximum atomic E-state index is 10.3. The SMILES string of the molecule is CCCc1cccc(C(O)CCc2ccc(C)cc2)c1. The number of hydrogen-bond donors (Lipinski definition) is 1. The van der Waals surface area contributed by atoms with Crippen LogP contribution in [0.5, 0.6) is 0 Å². The first-order valence-corrected chi connectivity index (χ1v) is 7.51. The molecule has 0 saturated heterocycles. The molecule has 0 aliphatic rings. The zero-order valence-corrected chi connectivity index (χ0v) is 12.5. The minimum absolute atomic E-state index is 0.367. The molecular weight excluding hydrogens is 244 g/mol. The van der Waals surface area contributed by atoms with Crippen molar-refractivity contribution in [1.82, 2.24) is 0 Å². The smallest absolute Gasteiger partial charge is 0.0793 e. The zero-order chi connectivity index (χ0) is 14.4. The first-order chi connectivity index (χ1) is 9.69. The van der Waals surface area contributed by atoms with Gasteiger partial charge in [0.1, 0.15) is 0 Å². The Morgan fingerprint density at radius 1 is 0.950 bits per heavy atom. The number of aliphatic hydroxyl groups excluding tert-OH is 1. The number of aryl methyl sites for hydroxylation is 3. The quantitative estimate of drug-likeness (QED) is 0.811. The molecule has 1 atom stereocenters. The standard InChI is InChI=1S/C19H24O/c1-3-5-17-6-4-7-18(14-17)19(20)13-12-16-10-8-15(2)9-11-16/h4,6-11,14,19-20H,3,5,12-13H2,1-2H3. The molecule has 0 aliphatic carbocycles. The summed E-state index contributed by atoms with van der Waals surface area (Å²) in [5.74, 6) is 0. The van der Waals surface area contributed by atoms with Crippen LogP contribution in [0.15, 0.2) is 48.5 Å². The van der Waals surface area contributed by atoms with Gasteiger partial charge in [0.2, 0.25) is 0 Å². The molecule has 20 heavy (non-hydrogen) atoms. The van der Waals surface area contributed by atoms with Gasteiger partial charge in [-0.2, -0.15) is 0 Å². The molecule has 2 aromatic carbocycles. The van der Waals surface area contributed by atoms with Crippen LogP contribution >= 0.6 is 0 Å². The van der Waals surface area contributed by atoms with Crippen molar-refractivity contribution in [2.45, 2.75) is 45.6 Å². The van der Waals surface area contributed by atoms with Gasteiger partial charge in [0, 0.05) is 0 Å². The van der Waals surface area contributed by atoms with E-state index in [0.717, 1.165) is 31.2 Å². The predicted molar refractivity (Wildman–Crippen MR) is 84.9 cm³/mol. The van der Waals surface area contributed by atoms with Crippen LogP contribution < -0.4 is 0 Å². The first-order valence-electron chi connectivity index (χ1n) is 7.51. The first kappa shape index (κ1) is 14.8. The van der Waals surface area contributed by atoms with Crippen LogP contribution in [0.1, 0.15) is 48.1 Å². The Bertz CT molecular complexity index is 528. The van der Waals surface area contributed by atoms with Gasteiger partial charge in [-0.3, -0.25) is 0 Å². The van der Waals surface area contributed by atoms with Crippen LogP contribution in [-0.2, 0) is 12.8 Å². The molecule has 106 valence electrons. The Hall–Kier alpha value is -1.60. The summed E-state index contributed by atoms with van der Waals surface area (Å²) in [7, 11) is 0. The van der Waals surface area contributed by atoms with Crippen LogP contribution in [0.3, 0.4) is 0 Å². The van der Waals surface area contributed by atoms with Gasteiger partial charge in [-0.1, -0.05) is 67.4 Å². The van der Waals surface area contributed by atoms with E-state index in [0.29, 0.717) is 0 Å². The molecule has 0 aromatic heterocycles. The Morgan fingerprint density at radius 2 is 1.70 bits per heavy atom. The van der Waals surface area contributed by atoms with Gasteiger partial charge in [0.05, 0.1) is 6.10 Å². The monoisotopic (exact) mass is 268 g/mol. The summed E-state index contributed by atoms with van der Waals surface area (Å²) >= 11 is 0. The molecule has 0 aliphatic heterocycles. The Morgan fingerprint density at radius 3 is 2.40 bits per heavy atom. The third-order valence-electron chi connectivity index (χ3n) is 3.70. The highest BCUT2D eigenvalue weighted by molar-refractivity contribution is 5.26. The van der Waals surface area contributed by atoms with Crippen molar-refractivity contribution in [3.8, 4) is 0 Å². The van der Waals surface area contributed by atoms with Gasteiger partial charge in [0.15, 0.2) is 0 Å². The van der Waals surface area contributed by atoms with E-state index in [1.807, 2.05) is 6.07 Å². The van der Waals surface area contributed by atoms with Crippen LogP contribution in [0.4, 0.5) is 0 Å². The van der Waals surface area contributed by atoms with E-state index >= 15 is 0 Å². The maximum absolute atomic E-state index is 10.3. The van der Waals surface area contributed by atoms with Crippen molar-refractivity contribution in [3.63, 3.8) is 0 Å². The van der Waals surface area contributed by atoms with Crippen molar-refractivity contribution in [2.24, 2.45) is 0 Å². The summed E-state index contributed by atoms with van der Waals surface area (Å²) in [6.07, 6.45) is 3.55. The maximum Gasteiger partial charge on any atom is 0.0793 e. The lowest BCUT2D eigenvalue weighted by Crippen LogP contribution is -2.00. The number of rotatable bonds is 6. The van der Waals surface area contributed by atoms with Gasteiger partial charge >= 0.3 is 0 Å². The van der Waals surface area contributed by atoms with Gasteiger partial charge in [-0.15, -0.1) is 0 Å². The average molecular weight is 268 g/mol. The summed E-state index contributed by atoms with van der Waals surface area (Å²) in [6, 6.07) is 16.9. The van der Waals surface area contributed by atoms with Gasteiger partial charge < -0.3 is 5.11 Å². The third-order valence-corrected chi connectivity index (χ3v) is 3.70. The molecule has 0 heterocycles. The molecule has 0 radical (unpaired) electrons. The minimum Gasteiger partial charge on any atom is -0.388 e. The fourth-order valence-corrected chi connectivity index (χ4v) is 2.47. The van der Waals surface area contributed by atoms with Crippen molar-refractivity contribution in [2.75, 3.05) is 0 Å². The lowest BCUT2D eigenvalue weighted by atomic mass is 9.98. The normalized spacial score (nSPS) is 12.3. The summed E-state index contributed by atoms with van der Waals surface area (Å²) in [5.41, 5.74) is 4.93. The highest BCUT2D eigenvalue weighted by Gasteiger charge is 2.08. The summed E-state index contributed by atoms with van der Waals surface area (Å²) in [6.45, 7) is 4.28. The molecule has 0 fully saturated rings. The second-order valence-corrected chi connectivity index (χ2v) is 5.54. The van der Waals surface area contributed by atoms with Crippen molar-refractivity contribution in [1.29, 1.82) is 0 Å². The number of aliphatic hydroxyl groups is 1. The van der Waals surface area contributed by atoms with Crippen LogP contribution in [0.25, 0.3) is 0 Å². The largest absolute Gasteiger partial charge is 0.388 e. The topological polar surface area (TPSA) is 20.2 Å². The molecule has 1 nitrogen and oxygen atoms in total. The number of hydrogen-bond acceptors (Lipinski definition) is 1. The molecule has 1 N–H and O–H groups in total. The molecule has 0 spiro atoms. The summed E-state index contributed by atoms with van der Waals surface area (Å²) in [5, 5.41) is 10.3. The second kappa shape index (κ2) is 7.25. The fraction of sp³-hybridized carbons (Fsp3) is 0.368. The van der Waals surface area contributed by atoms with Gasteiger partial charge in [-0.05, 0) is 42.9 Å². The fourth-order valence-electron chi connectivity index (χ4n) is 2.47. The summed E-state index contributed by atoms with van der Waals surface area (Å²) in [4.78, 5) is 0. The highest BCUT2D eigenvalue weighted by Crippen LogP contribution is 2.21. The van der Waals surface area contributed by atoms with E-state index in [9.17, 15) is 5.11 Å². The van der Waals surface area contributed by atoms with E-state index in [1.54, 1.807) is 0 Å². The van der Waals surface area contributed by atoms with Crippen molar-refractivity contribution < 1.29 is 5.11 Å². The Balaban J connectivity index is 1.95. The van der Waals surface area contributed by atoms with Crippen LogP contribution in [0.2, 0.25) is 0 Å². The molecule has 2 rings (SSSR count). The lowest BCUT2D eigenvalue weighted by Gasteiger charge is -2.12. The Kier molecular flexibility index (Phi) is 5.37. The minimum atomic E-state index is -0.367. The summed E-state index contributed by atoms with van der Waals surface area (Å²) < 4.78 is 0. The Labute approximate surface area is 122 Å². The molecule has 0 saturated carbocycles. The van der Waals surface area contributed by atoms with E-state index in [4.69, 9.17) is 0 Å². The van der Waals surface area contributed by atoms with Crippen molar-refractivity contribution >= 4 is 0 Å².